The van der Waals surface area contributed by atoms with E-state index < -0.39 is 0 Å². The van der Waals surface area contributed by atoms with Crippen LogP contribution in [0.2, 0.25) is 0 Å². The third-order valence-corrected chi connectivity index (χ3v) is 3.93. The molecule has 2 heterocycles. The number of likely N-dealkylation sites (N-methyl/N-ethyl adjacent to an activating group) is 1. The largest absolute Gasteiger partial charge is 0.374 e. The fourth-order valence-electron chi connectivity index (χ4n) is 2.78. The van der Waals surface area contributed by atoms with E-state index in [9.17, 15) is 4.79 Å². The molecule has 1 aromatic carbocycles. The molecule has 0 aromatic heterocycles. The molecule has 1 fully saturated rings. The van der Waals surface area contributed by atoms with Crippen LogP contribution in [0, 0.1) is 0 Å². The van der Waals surface area contributed by atoms with E-state index in [4.69, 9.17) is 4.74 Å². The van der Waals surface area contributed by atoms with Gasteiger partial charge in [0.15, 0.2) is 0 Å². The highest BCUT2D eigenvalue weighted by atomic mass is 16.5. The van der Waals surface area contributed by atoms with Crippen LogP contribution in [0.15, 0.2) is 24.3 Å². The molecule has 0 spiro atoms. The highest BCUT2D eigenvalue weighted by Crippen LogP contribution is 2.25. The summed E-state index contributed by atoms with van der Waals surface area (Å²) in [6, 6.07) is 7.91. The second-order valence-corrected chi connectivity index (χ2v) is 5.56. The highest BCUT2D eigenvalue weighted by Gasteiger charge is 2.27. The van der Waals surface area contributed by atoms with Crippen molar-refractivity contribution in [1.82, 2.24) is 10.2 Å². The number of morpholine rings is 1. The maximum atomic E-state index is 12.2. The van der Waals surface area contributed by atoms with Gasteiger partial charge in [-0.25, -0.2) is 0 Å². The summed E-state index contributed by atoms with van der Waals surface area (Å²) in [5, 5.41) is 6.26. The Bertz CT molecular complexity index is 467. The number of nitrogens with zero attached hydrogens (tertiary/aromatic N) is 1. The lowest BCUT2D eigenvalue weighted by Crippen LogP contribution is -2.48. The third-order valence-electron chi connectivity index (χ3n) is 3.93. The normalized spacial score (nSPS) is 25.9. The topological polar surface area (TPSA) is 53.6 Å². The minimum absolute atomic E-state index is 0.0537. The van der Waals surface area contributed by atoms with E-state index in [1.807, 2.05) is 18.2 Å². The Hall–Kier alpha value is -1.59. The SMILES string of the molecule is CN1CCOC(CNC(=O)[C@@H]2Cc3ccccc3N2)C1. The van der Waals surface area contributed by atoms with Crippen molar-refractivity contribution in [2.45, 2.75) is 18.6 Å². The zero-order valence-electron chi connectivity index (χ0n) is 11.8. The van der Waals surface area contributed by atoms with Crippen LogP contribution in [0.1, 0.15) is 5.56 Å². The molecule has 0 aliphatic carbocycles. The van der Waals surface area contributed by atoms with Crippen LogP contribution < -0.4 is 10.6 Å². The molecule has 0 radical (unpaired) electrons. The van der Waals surface area contributed by atoms with Crippen molar-refractivity contribution in [2.75, 3.05) is 38.6 Å². The van der Waals surface area contributed by atoms with Crippen molar-refractivity contribution in [2.24, 2.45) is 0 Å². The van der Waals surface area contributed by atoms with E-state index in [1.54, 1.807) is 0 Å². The molecule has 1 saturated heterocycles. The number of amides is 1. The predicted molar refractivity (Wildman–Crippen MR) is 77.8 cm³/mol. The average molecular weight is 275 g/mol. The van der Waals surface area contributed by atoms with Crippen molar-refractivity contribution >= 4 is 11.6 Å². The molecule has 0 saturated carbocycles. The Kier molecular flexibility index (Phi) is 3.89. The molecular weight excluding hydrogens is 254 g/mol. The lowest BCUT2D eigenvalue weighted by Gasteiger charge is -2.30. The number of nitrogens with one attached hydrogen (secondary N) is 2. The molecular formula is C15H21N3O2. The van der Waals surface area contributed by atoms with E-state index in [2.05, 4.69) is 28.6 Å². The molecule has 1 unspecified atom stereocenters. The number of rotatable bonds is 3. The standard InChI is InChI=1S/C15H21N3O2/c1-18-6-7-20-12(10-18)9-16-15(19)14-8-11-4-2-3-5-13(11)17-14/h2-5,12,14,17H,6-10H2,1H3,(H,16,19)/t12?,14-/m0/s1. The highest BCUT2D eigenvalue weighted by molar-refractivity contribution is 5.87. The summed E-state index contributed by atoms with van der Waals surface area (Å²) in [5.74, 6) is 0.0537. The Morgan fingerprint density at radius 3 is 3.15 bits per heavy atom. The van der Waals surface area contributed by atoms with Gasteiger partial charge in [-0.15, -0.1) is 0 Å². The number of carbonyl (C=O) groups excluding carboxylic acids is 1. The Labute approximate surface area is 119 Å². The van der Waals surface area contributed by atoms with E-state index in [0.29, 0.717) is 6.54 Å². The van der Waals surface area contributed by atoms with Gasteiger partial charge in [-0.2, -0.15) is 0 Å². The second-order valence-electron chi connectivity index (χ2n) is 5.56. The Balaban J connectivity index is 1.49. The number of para-hydroxylation sites is 1. The van der Waals surface area contributed by atoms with Crippen LogP contribution >= 0.6 is 0 Å². The number of fused-ring (bicyclic) bond motifs is 1. The Morgan fingerprint density at radius 2 is 2.35 bits per heavy atom. The van der Waals surface area contributed by atoms with Gasteiger partial charge in [0.25, 0.3) is 0 Å². The fraction of sp³-hybridized carbons (Fsp3) is 0.533. The molecule has 2 aliphatic heterocycles. The average Bonchev–Trinajstić information content (AvgIpc) is 2.89. The van der Waals surface area contributed by atoms with Crippen LogP contribution in [0.3, 0.4) is 0 Å². The van der Waals surface area contributed by atoms with Crippen molar-refractivity contribution in [1.29, 1.82) is 0 Å². The lowest BCUT2D eigenvalue weighted by molar-refractivity contribution is -0.122. The van der Waals surface area contributed by atoms with Crippen LogP contribution in [-0.4, -0.2) is 56.2 Å². The second kappa shape index (κ2) is 5.81. The van der Waals surface area contributed by atoms with Crippen LogP contribution in [0.4, 0.5) is 5.69 Å². The van der Waals surface area contributed by atoms with Crippen molar-refractivity contribution in [3.05, 3.63) is 29.8 Å². The zero-order valence-corrected chi connectivity index (χ0v) is 11.8. The summed E-state index contributed by atoms with van der Waals surface area (Å²) in [7, 11) is 2.08. The first kappa shape index (κ1) is 13.4. The van der Waals surface area contributed by atoms with Gasteiger partial charge in [0.1, 0.15) is 6.04 Å². The van der Waals surface area contributed by atoms with Gasteiger partial charge in [0.05, 0.1) is 12.7 Å². The van der Waals surface area contributed by atoms with Gasteiger partial charge in [-0.05, 0) is 18.7 Å². The number of carbonyl (C=O) groups is 1. The predicted octanol–water partition coefficient (Wildman–Crippen LogP) is 0.470. The molecule has 5 heteroatoms. The number of benzene rings is 1. The summed E-state index contributed by atoms with van der Waals surface area (Å²) in [6.07, 6.45) is 0.856. The van der Waals surface area contributed by atoms with Crippen molar-refractivity contribution in [3.8, 4) is 0 Å². The molecule has 2 aliphatic rings. The summed E-state index contributed by atoms with van der Waals surface area (Å²) in [5.41, 5.74) is 2.28. The first-order valence-corrected chi connectivity index (χ1v) is 7.14. The van der Waals surface area contributed by atoms with Gasteiger partial charge >= 0.3 is 0 Å². The van der Waals surface area contributed by atoms with Crippen molar-refractivity contribution < 1.29 is 9.53 Å². The van der Waals surface area contributed by atoms with E-state index in [0.717, 1.165) is 31.8 Å². The maximum absolute atomic E-state index is 12.2. The quantitative estimate of drug-likeness (QED) is 0.842. The summed E-state index contributed by atoms with van der Waals surface area (Å²) in [6.45, 7) is 3.16. The third kappa shape index (κ3) is 2.94. The minimum Gasteiger partial charge on any atom is -0.374 e. The number of anilines is 1. The zero-order chi connectivity index (χ0) is 13.9. The molecule has 2 atom stereocenters. The van der Waals surface area contributed by atoms with E-state index >= 15 is 0 Å². The van der Waals surface area contributed by atoms with E-state index in [1.165, 1.54) is 5.56 Å². The molecule has 3 rings (SSSR count). The molecule has 1 amide bonds. The van der Waals surface area contributed by atoms with Gasteiger partial charge in [-0.1, -0.05) is 18.2 Å². The summed E-state index contributed by atoms with van der Waals surface area (Å²) in [4.78, 5) is 14.4. The molecule has 5 nitrogen and oxygen atoms in total. The van der Waals surface area contributed by atoms with Crippen molar-refractivity contribution in [3.63, 3.8) is 0 Å². The summed E-state index contributed by atoms with van der Waals surface area (Å²) >= 11 is 0. The van der Waals surface area contributed by atoms with Gasteiger partial charge < -0.3 is 20.3 Å². The Morgan fingerprint density at radius 1 is 1.50 bits per heavy atom. The number of ether oxygens (including phenoxy) is 1. The molecule has 1 aromatic rings. The van der Waals surface area contributed by atoms with Gasteiger partial charge in [-0.3, -0.25) is 4.79 Å². The summed E-state index contributed by atoms with van der Waals surface area (Å²) < 4.78 is 5.65. The van der Waals surface area contributed by atoms with Gasteiger partial charge in [0, 0.05) is 31.7 Å². The molecule has 2 N–H and O–H groups in total. The monoisotopic (exact) mass is 275 g/mol. The fourth-order valence-corrected chi connectivity index (χ4v) is 2.78. The first-order valence-electron chi connectivity index (χ1n) is 7.14. The van der Waals surface area contributed by atoms with Gasteiger partial charge in [0.2, 0.25) is 5.91 Å². The number of hydrogen-bond acceptors (Lipinski definition) is 4. The number of hydrogen-bond donors (Lipinski definition) is 2. The van der Waals surface area contributed by atoms with Crippen LogP contribution in [0.25, 0.3) is 0 Å². The molecule has 20 heavy (non-hydrogen) atoms. The van der Waals surface area contributed by atoms with E-state index in [-0.39, 0.29) is 18.1 Å². The van der Waals surface area contributed by atoms with Crippen LogP contribution in [0.5, 0.6) is 0 Å². The molecule has 0 bridgehead atoms. The maximum Gasteiger partial charge on any atom is 0.242 e. The molecule has 108 valence electrons. The first-order chi connectivity index (χ1) is 9.72. The smallest absolute Gasteiger partial charge is 0.242 e. The van der Waals surface area contributed by atoms with Crippen LogP contribution in [-0.2, 0) is 16.0 Å². The lowest BCUT2D eigenvalue weighted by atomic mass is 10.1. The minimum atomic E-state index is -0.159.